The van der Waals surface area contributed by atoms with E-state index in [2.05, 4.69) is 13.8 Å². The van der Waals surface area contributed by atoms with Crippen LogP contribution >= 0.6 is 0 Å². The van der Waals surface area contributed by atoms with Crippen LogP contribution in [-0.2, 0) is 0 Å². The van der Waals surface area contributed by atoms with Crippen LogP contribution < -0.4 is 5.73 Å². The fourth-order valence-corrected chi connectivity index (χ4v) is 2.45. The molecule has 0 spiro atoms. The molecule has 1 saturated carbocycles. The highest BCUT2D eigenvalue weighted by atomic mass is 19.4. The Hall–Kier alpha value is -0.290. The lowest BCUT2D eigenvalue weighted by atomic mass is 9.73. The molecular formula is C11H21F3N2. The second-order valence-corrected chi connectivity index (χ2v) is 5.67. The van der Waals surface area contributed by atoms with Gasteiger partial charge < -0.3 is 5.73 Å². The molecule has 0 aromatic carbocycles. The standard InChI is InChI=1S/C11H21F3N2/c1-10(2)5-4-8(15)9(6-10)16(3)7-11(12,13)14/h8-9H,4-7,15H2,1-3H3. The van der Waals surface area contributed by atoms with Crippen molar-refractivity contribution in [2.75, 3.05) is 13.6 Å². The third kappa shape index (κ3) is 3.94. The molecule has 0 heterocycles. The predicted molar refractivity (Wildman–Crippen MR) is 58.1 cm³/mol. The summed E-state index contributed by atoms with van der Waals surface area (Å²) in [7, 11) is 1.51. The Morgan fingerprint density at radius 2 is 1.94 bits per heavy atom. The van der Waals surface area contributed by atoms with E-state index in [1.165, 1.54) is 11.9 Å². The van der Waals surface area contributed by atoms with Gasteiger partial charge in [-0.05, 0) is 31.7 Å². The first-order valence-corrected chi connectivity index (χ1v) is 5.63. The van der Waals surface area contributed by atoms with E-state index in [0.29, 0.717) is 0 Å². The second kappa shape index (κ2) is 4.53. The molecule has 5 heteroatoms. The molecule has 16 heavy (non-hydrogen) atoms. The van der Waals surface area contributed by atoms with Crippen molar-refractivity contribution in [1.82, 2.24) is 4.90 Å². The molecule has 0 aromatic rings. The molecule has 2 N–H and O–H groups in total. The summed E-state index contributed by atoms with van der Waals surface area (Å²) in [6.45, 7) is 3.31. The molecule has 2 nitrogen and oxygen atoms in total. The van der Waals surface area contributed by atoms with Crippen molar-refractivity contribution < 1.29 is 13.2 Å². The van der Waals surface area contributed by atoms with Crippen LogP contribution in [0, 0.1) is 5.41 Å². The van der Waals surface area contributed by atoms with Gasteiger partial charge in [0.15, 0.2) is 0 Å². The summed E-state index contributed by atoms with van der Waals surface area (Å²) in [5, 5.41) is 0. The van der Waals surface area contributed by atoms with Crippen LogP contribution in [-0.4, -0.2) is 36.8 Å². The lowest BCUT2D eigenvalue weighted by Gasteiger charge is -2.43. The fraction of sp³-hybridized carbons (Fsp3) is 1.00. The van der Waals surface area contributed by atoms with Crippen LogP contribution in [0.1, 0.15) is 33.1 Å². The summed E-state index contributed by atoms with van der Waals surface area (Å²) < 4.78 is 36.9. The van der Waals surface area contributed by atoms with Gasteiger partial charge in [-0.1, -0.05) is 13.8 Å². The highest BCUT2D eigenvalue weighted by Gasteiger charge is 2.39. The van der Waals surface area contributed by atoms with Gasteiger partial charge in [-0.2, -0.15) is 13.2 Å². The summed E-state index contributed by atoms with van der Waals surface area (Å²) in [5.41, 5.74) is 6.01. The zero-order chi connectivity index (χ0) is 12.6. The first-order chi connectivity index (χ1) is 7.11. The lowest BCUT2D eigenvalue weighted by molar-refractivity contribution is -0.150. The van der Waals surface area contributed by atoms with Crippen molar-refractivity contribution in [3.8, 4) is 0 Å². The van der Waals surface area contributed by atoms with Crippen LogP contribution in [0.2, 0.25) is 0 Å². The van der Waals surface area contributed by atoms with Crippen molar-refractivity contribution in [3.63, 3.8) is 0 Å². The van der Waals surface area contributed by atoms with E-state index in [1.54, 1.807) is 0 Å². The van der Waals surface area contributed by atoms with Gasteiger partial charge in [-0.15, -0.1) is 0 Å². The van der Waals surface area contributed by atoms with Crippen molar-refractivity contribution >= 4 is 0 Å². The lowest BCUT2D eigenvalue weighted by Crippen LogP contribution is -2.53. The highest BCUT2D eigenvalue weighted by molar-refractivity contribution is 4.92. The molecule has 0 bridgehead atoms. The topological polar surface area (TPSA) is 29.3 Å². The van der Waals surface area contributed by atoms with Crippen molar-refractivity contribution in [3.05, 3.63) is 0 Å². The summed E-state index contributed by atoms with van der Waals surface area (Å²) in [4.78, 5) is 1.35. The van der Waals surface area contributed by atoms with Crippen LogP contribution in [0.25, 0.3) is 0 Å². The maximum atomic E-state index is 12.3. The number of nitrogens with zero attached hydrogens (tertiary/aromatic N) is 1. The van der Waals surface area contributed by atoms with Crippen LogP contribution in [0.4, 0.5) is 13.2 Å². The zero-order valence-electron chi connectivity index (χ0n) is 10.1. The van der Waals surface area contributed by atoms with Crippen molar-refractivity contribution in [1.29, 1.82) is 0 Å². The smallest absolute Gasteiger partial charge is 0.326 e. The number of rotatable bonds is 2. The average molecular weight is 238 g/mol. The summed E-state index contributed by atoms with van der Waals surface area (Å²) >= 11 is 0. The SMILES string of the molecule is CN(CC(F)(F)F)C1CC(C)(C)CCC1N. The molecular weight excluding hydrogens is 217 g/mol. The Bertz CT molecular complexity index is 238. The van der Waals surface area contributed by atoms with E-state index in [1.807, 2.05) is 0 Å². The van der Waals surface area contributed by atoms with E-state index in [-0.39, 0.29) is 17.5 Å². The Labute approximate surface area is 95.0 Å². The number of likely N-dealkylation sites (N-methyl/N-ethyl adjacent to an activating group) is 1. The van der Waals surface area contributed by atoms with Crippen LogP contribution in [0.5, 0.6) is 0 Å². The summed E-state index contributed by atoms with van der Waals surface area (Å²) in [6, 6.07) is -0.300. The fourth-order valence-electron chi connectivity index (χ4n) is 2.45. The number of hydrogen-bond donors (Lipinski definition) is 1. The third-order valence-electron chi connectivity index (χ3n) is 3.41. The van der Waals surface area contributed by atoms with Gasteiger partial charge in [0.2, 0.25) is 0 Å². The Morgan fingerprint density at radius 1 is 1.38 bits per heavy atom. The van der Waals surface area contributed by atoms with E-state index in [4.69, 9.17) is 5.73 Å². The molecule has 1 rings (SSSR count). The average Bonchev–Trinajstić information content (AvgIpc) is 2.06. The molecule has 96 valence electrons. The van der Waals surface area contributed by atoms with E-state index in [0.717, 1.165) is 19.3 Å². The Morgan fingerprint density at radius 3 is 2.44 bits per heavy atom. The maximum absolute atomic E-state index is 12.3. The monoisotopic (exact) mass is 238 g/mol. The van der Waals surface area contributed by atoms with Crippen molar-refractivity contribution in [2.24, 2.45) is 11.1 Å². The minimum atomic E-state index is -4.14. The zero-order valence-corrected chi connectivity index (χ0v) is 10.1. The molecule has 0 radical (unpaired) electrons. The first-order valence-electron chi connectivity index (χ1n) is 5.63. The van der Waals surface area contributed by atoms with Crippen molar-refractivity contribution in [2.45, 2.75) is 51.4 Å². The molecule has 0 amide bonds. The molecule has 0 aromatic heterocycles. The minimum absolute atomic E-state index is 0.0976. The molecule has 0 aliphatic heterocycles. The van der Waals surface area contributed by atoms with E-state index >= 15 is 0 Å². The Balaban J connectivity index is 2.62. The molecule has 2 unspecified atom stereocenters. The van der Waals surface area contributed by atoms with E-state index in [9.17, 15) is 13.2 Å². The van der Waals surface area contributed by atoms with Gasteiger partial charge in [0.1, 0.15) is 0 Å². The summed E-state index contributed by atoms with van der Waals surface area (Å²) in [5.74, 6) is 0. The van der Waals surface area contributed by atoms with Gasteiger partial charge >= 0.3 is 6.18 Å². The molecule has 1 fully saturated rings. The highest BCUT2D eigenvalue weighted by Crippen LogP contribution is 2.37. The largest absolute Gasteiger partial charge is 0.401 e. The first kappa shape index (κ1) is 13.8. The second-order valence-electron chi connectivity index (χ2n) is 5.67. The number of alkyl halides is 3. The number of hydrogen-bond acceptors (Lipinski definition) is 2. The predicted octanol–water partition coefficient (Wildman–Crippen LogP) is 2.39. The molecule has 0 saturated heterocycles. The normalized spacial score (nSPS) is 30.8. The molecule has 1 aliphatic rings. The number of nitrogens with two attached hydrogens (primary N) is 1. The van der Waals surface area contributed by atoms with Crippen LogP contribution in [0.3, 0.4) is 0 Å². The van der Waals surface area contributed by atoms with Gasteiger partial charge in [0.25, 0.3) is 0 Å². The maximum Gasteiger partial charge on any atom is 0.401 e. The Kier molecular flexibility index (Phi) is 3.90. The van der Waals surface area contributed by atoms with Gasteiger partial charge in [-0.25, -0.2) is 0 Å². The van der Waals surface area contributed by atoms with E-state index < -0.39 is 12.7 Å². The van der Waals surface area contributed by atoms with Gasteiger partial charge in [-0.3, -0.25) is 4.90 Å². The quantitative estimate of drug-likeness (QED) is 0.800. The van der Waals surface area contributed by atoms with Gasteiger partial charge in [0, 0.05) is 12.1 Å². The van der Waals surface area contributed by atoms with Crippen LogP contribution in [0.15, 0.2) is 0 Å². The molecule has 2 atom stereocenters. The summed E-state index contributed by atoms with van der Waals surface area (Å²) in [6.07, 6.45) is -1.61. The number of halogens is 3. The third-order valence-corrected chi connectivity index (χ3v) is 3.41. The minimum Gasteiger partial charge on any atom is -0.326 e. The molecule has 1 aliphatic carbocycles. The van der Waals surface area contributed by atoms with Gasteiger partial charge in [0.05, 0.1) is 6.54 Å².